The number of amides is 1. The van der Waals surface area contributed by atoms with Gasteiger partial charge in [0, 0.05) is 67.6 Å². The number of aliphatic hydroxyl groups is 1. The molecule has 2 aliphatic heterocycles. The Balaban J connectivity index is 1.26. The summed E-state index contributed by atoms with van der Waals surface area (Å²) in [5, 5.41) is 10.2. The molecule has 5 nitrogen and oxygen atoms in total. The van der Waals surface area contributed by atoms with E-state index in [2.05, 4.69) is 34.1 Å². The summed E-state index contributed by atoms with van der Waals surface area (Å²) in [7, 11) is 0. The Hall–Kier alpha value is -1.89. The average molecular weight is 412 g/mol. The summed E-state index contributed by atoms with van der Waals surface area (Å²) in [6.45, 7) is 4.51. The number of nitrogens with zero attached hydrogens (tertiary/aromatic N) is 3. The van der Waals surface area contributed by atoms with Crippen molar-refractivity contribution in [3.8, 4) is 0 Å². The van der Waals surface area contributed by atoms with Crippen LogP contribution in [0.4, 0.5) is 0 Å². The zero-order valence-corrected chi connectivity index (χ0v) is 17.6. The highest BCUT2D eigenvalue weighted by Crippen LogP contribution is 2.42. The summed E-state index contributed by atoms with van der Waals surface area (Å²) in [6.07, 6.45) is 4.81. The second-order valence-electron chi connectivity index (χ2n) is 8.24. The van der Waals surface area contributed by atoms with E-state index in [-0.39, 0.29) is 17.9 Å². The van der Waals surface area contributed by atoms with Crippen molar-refractivity contribution in [2.24, 2.45) is 11.3 Å². The van der Waals surface area contributed by atoms with E-state index in [1.165, 1.54) is 4.90 Å². The summed E-state index contributed by atoms with van der Waals surface area (Å²) in [6, 6.07) is 14.4. The maximum atomic E-state index is 12.7. The van der Waals surface area contributed by atoms with E-state index in [1.807, 2.05) is 34.9 Å². The number of thioether (sulfide) groups is 1. The molecule has 29 heavy (non-hydrogen) atoms. The minimum Gasteiger partial charge on any atom is -0.396 e. The molecule has 2 fully saturated rings. The van der Waals surface area contributed by atoms with Gasteiger partial charge in [-0.2, -0.15) is 0 Å². The minimum absolute atomic E-state index is 0.149. The number of fused-ring (bicyclic) bond motifs is 1. The van der Waals surface area contributed by atoms with Gasteiger partial charge in [-0.15, -0.1) is 11.8 Å². The van der Waals surface area contributed by atoms with E-state index in [9.17, 15) is 9.90 Å². The fourth-order valence-corrected chi connectivity index (χ4v) is 5.58. The number of carbonyl (C=O) groups excluding carboxylic acids is 1. The summed E-state index contributed by atoms with van der Waals surface area (Å²) < 4.78 is 0. The molecule has 1 aromatic heterocycles. The molecule has 0 spiro atoms. The van der Waals surface area contributed by atoms with Gasteiger partial charge in [0.05, 0.1) is 6.61 Å². The van der Waals surface area contributed by atoms with E-state index in [0.29, 0.717) is 18.9 Å². The quantitative estimate of drug-likeness (QED) is 0.677. The first-order chi connectivity index (χ1) is 14.2. The third kappa shape index (κ3) is 4.82. The highest BCUT2D eigenvalue weighted by atomic mass is 32.2. The van der Waals surface area contributed by atoms with Gasteiger partial charge in [-0.3, -0.25) is 9.78 Å². The molecule has 0 bridgehead atoms. The van der Waals surface area contributed by atoms with Gasteiger partial charge in [-0.1, -0.05) is 18.2 Å². The molecule has 0 saturated carbocycles. The Kier molecular flexibility index (Phi) is 6.53. The highest BCUT2D eigenvalue weighted by Gasteiger charge is 2.52. The number of hydrogen-bond donors (Lipinski definition) is 1. The van der Waals surface area contributed by atoms with Gasteiger partial charge in [0.15, 0.2) is 0 Å². The molecule has 154 valence electrons. The average Bonchev–Trinajstić information content (AvgIpc) is 3.28. The molecule has 1 N–H and O–H groups in total. The van der Waals surface area contributed by atoms with Crippen LogP contribution in [-0.4, -0.2) is 70.9 Å². The lowest BCUT2D eigenvalue weighted by atomic mass is 9.82. The Morgan fingerprint density at radius 2 is 1.93 bits per heavy atom. The molecule has 0 aliphatic carbocycles. The zero-order valence-electron chi connectivity index (χ0n) is 16.7. The van der Waals surface area contributed by atoms with E-state index in [1.54, 1.807) is 12.4 Å². The van der Waals surface area contributed by atoms with Gasteiger partial charge in [0.25, 0.3) is 0 Å². The van der Waals surface area contributed by atoms with Gasteiger partial charge in [-0.25, -0.2) is 0 Å². The number of aromatic nitrogens is 1. The van der Waals surface area contributed by atoms with Gasteiger partial charge in [-0.05, 0) is 42.2 Å². The van der Waals surface area contributed by atoms with Crippen molar-refractivity contribution < 1.29 is 9.90 Å². The number of hydrogen-bond acceptors (Lipinski definition) is 5. The lowest BCUT2D eigenvalue weighted by Gasteiger charge is -2.27. The topological polar surface area (TPSA) is 56.7 Å². The fraction of sp³-hybridized carbons (Fsp3) is 0.478. The van der Waals surface area contributed by atoms with Gasteiger partial charge >= 0.3 is 0 Å². The summed E-state index contributed by atoms with van der Waals surface area (Å²) >= 11 is 1.88. The molecular weight excluding hydrogens is 382 g/mol. The number of aliphatic hydroxyl groups excluding tert-OH is 1. The van der Waals surface area contributed by atoms with Gasteiger partial charge in [0.1, 0.15) is 0 Å². The first-order valence-electron chi connectivity index (χ1n) is 10.4. The largest absolute Gasteiger partial charge is 0.396 e. The molecule has 3 heterocycles. The van der Waals surface area contributed by atoms with Crippen LogP contribution >= 0.6 is 11.8 Å². The van der Waals surface area contributed by atoms with Crippen LogP contribution in [0, 0.1) is 11.3 Å². The molecule has 1 aromatic carbocycles. The van der Waals surface area contributed by atoms with Crippen LogP contribution in [0.25, 0.3) is 0 Å². The van der Waals surface area contributed by atoms with Crippen LogP contribution < -0.4 is 0 Å². The van der Waals surface area contributed by atoms with Crippen LogP contribution in [0.5, 0.6) is 0 Å². The lowest BCUT2D eigenvalue weighted by Crippen LogP contribution is -2.39. The molecule has 2 atom stereocenters. The van der Waals surface area contributed by atoms with Crippen LogP contribution in [0.3, 0.4) is 0 Å². The molecule has 1 amide bonds. The van der Waals surface area contributed by atoms with Crippen LogP contribution in [0.15, 0.2) is 59.8 Å². The third-order valence-electron chi connectivity index (χ3n) is 6.29. The fourth-order valence-electron chi connectivity index (χ4n) is 4.64. The molecule has 4 rings (SSSR count). The first-order valence-corrected chi connectivity index (χ1v) is 11.3. The van der Waals surface area contributed by atoms with E-state index in [0.717, 1.165) is 43.9 Å². The summed E-state index contributed by atoms with van der Waals surface area (Å²) in [5.74, 6) is 1.63. The number of carbonyl (C=O) groups is 1. The van der Waals surface area contributed by atoms with Crippen molar-refractivity contribution in [2.75, 3.05) is 45.1 Å². The van der Waals surface area contributed by atoms with Gasteiger partial charge < -0.3 is 14.9 Å². The summed E-state index contributed by atoms with van der Waals surface area (Å²) in [4.78, 5) is 22.5. The van der Waals surface area contributed by atoms with Crippen molar-refractivity contribution in [2.45, 2.75) is 17.7 Å². The minimum atomic E-state index is -0.149. The van der Waals surface area contributed by atoms with Crippen molar-refractivity contribution in [3.05, 3.63) is 60.4 Å². The van der Waals surface area contributed by atoms with Crippen molar-refractivity contribution in [1.29, 1.82) is 0 Å². The highest BCUT2D eigenvalue weighted by molar-refractivity contribution is 7.99. The normalized spacial score (nSPS) is 24.0. The molecule has 2 aliphatic rings. The predicted molar refractivity (Wildman–Crippen MR) is 116 cm³/mol. The second kappa shape index (κ2) is 9.28. The number of likely N-dealkylation sites (tertiary alicyclic amines) is 2. The predicted octanol–water partition coefficient (Wildman–Crippen LogP) is 2.56. The Morgan fingerprint density at radius 1 is 1.14 bits per heavy atom. The van der Waals surface area contributed by atoms with Crippen molar-refractivity contribution >= 4 is 17.7 Å². The van der Waals surface area contributed by atoms with E-state index < -0.39 is 0 Å². The molecular formula is C23H29N3O2S. The zero-order chi connectivity index (χ0) is 20.1. The number of rotatable bonds is 8. The summed E-state index contributed by atoms with van der Waals surface area (Å²) in [5.41, 5.74) is 0.996. The van der Waals surface area contributed by atoms with Crippen LogP contribution in [0.2, 0.25) is 0 Å². The molecule has 0 radical (unpaired) electrons. The lowest BCUT2D eigenvalue weighted by molar-refractivity contribution is -0.130. The SMILES string of the molecule is O=C(CCc1ccncc1)N1CC2CN(CCSc3ccccc3)CC2(CO)C1. The van der Waals surface area contributed by atoms with Crippen LogP contribution in [-0.2, 0) is 11.2 Å². The third-order valence-corrected chi connectivity index (χ3v) is 7.29. The number of aryl methyl sites for hydroxylation is 1. The van der Waals surface area contributed by atoms with Gasteiger partial charge in [0.2, 0.25) is 5.91 Å². The molecule has 2 saturated heterocycles. The van der Waals surface area contributed by atoms with Crippen molar-refractivity contribution in [1.82, 2.24) is 14.8 Å². The smallest absolute Gasteiger partial charge is 0.222 e. The maximum absolute atomic E-state index is 12.7. The first kappa shape index (κ1) is 20.4. The monoisotopic (exact) mass is 411 g/mol. The van der Waals surface area contributed by atoms with E-state index >= 15 is 0 Å². The van der Waals surface area contributed by atoms with Crippen LogP contribution in [0.1, 0.15) is 12.0 Å². The molecule has 6 heteroatoms. The Morgan fingerprint density at radius 3 is 2.66 bits per heavy atom. The van der Waals surface area contributed by atoms with E-state index in [4.69, 9.17) is 0 Å². The molecule has 2 aromatic rings. The number of benzene rings is 1. The molecule has 2 unspecified atom stereocenters. The second-order valence-corrected chi connectivity index (χ2v) is 9.41. The standard InChI is InChI=1S/C23H29N3O2S/c27-18-23-16-25(12-13-29-21-4-2-1-3-5-21)14-20(23)15-26(17-23)22(28)7-6-19-8-10-24-11-9-19/h1-5,8-11,20,27H,6-7,12-18H2. The Bertz CT molecular complexity index is 804. The maximum Gasteiger partial charge on any atom is 0.222 e. The number of pyridine rings is 1. The van der Waals surface area contributed by atoms with Crippen molar-refractivity contribution in [3.63, 3.8) is 0 Å². The Labute approximate surface area is 177 Å².